The van der Waals surface area contributed by atoms with Gasteiger partial charge >= 0.3 is 0 Å². The topological polar surface area (TPSA) is 21.7 Å². The van der Waals surface area contributed by atoms with E-state index in [0.717, 1.165) is 45.7 Å². The van der Waals surface area contributed by atoms with Crippen molar-refractivity contribution in [3.8, 4) is 0 Å². The van der Waals surface area contributed by atoms with Crippen molar-refractivity contribution in [1.82, 2.24) is 4.90 Å². The summed E-state index contributed by atoms with van der Waals surface area (Å²) < 4.78 is 11.7. The van der Waals surface area contributed by atoms with E-state index in [1.807, 2.05) is 0 Å². The molecule has 0 amide bonds. The molecule has 3 heteroatoms. The Labute approximate surface area is 115 Å². The Balaban J connectivity index is 1.73. The summed E-state index contributed by atoms with van der Waals surface area (Å²) in [6.45, 7) is 8.94. The molecule has 0 N–H and O–H groups in total. The maximum Gasteiger partial charge on any atom is 0.181 e. The fraction of sp³-hybridized carbons (Fsp3) is 0.625. The minimum absolute atomic E-state index is 0.311. The Hall–Kier alpha value is -0.900. The molecule has 0 atom stereocenters. The van der Waals surface area contributed by atoms with Gasteiger partial charge in [-0.3, -0.25) is 4.90 Å². The van der Waals surface area contributed by atoms with Crippen molar-refractivity contribution in [3.63, 3.8) is 0 Å². The molecule has 0 bridgehead atoms. The highest BCUT2D eigenvalue weighted by Crippen LogP contribution is 2.31. The summed E-state index contributed by atoms with van der Waals surface area (Å²) in [7, 11) is 0. The lowest BCUT2D eigenvalue weighted by Gasteiger charge is -2.39. The normalized spacial score (nSPS) is 23.1. The molecule has 2 heterocycles. The molecular formula is C16H23NO2. The lowest BCUT2D eigenvalue weighted by atomic mass is 9.99. The highest BCUT2D eigenvalue weighted by atomic mass is 16.7. The van der Waals surface area contributed by atoms with E-state index in [4.69, 9.17) is 9.47 Å². The number of likely N-dealkylation sites (tertiary alicyclic amines) is 1. The zero-order chi connectivity index (χ0) is 13.3. The van der Waals surface area contributed by atoms with Crippen molar-refractivity contribution >= 4 is 0 Å². The third-order valence-corrected chi connectivity index (χ3v) is 4.34. The molecule has 2 saturated heterocycles. The fourth-order valence-corrected chi connectivity index (χ4v) is 3.26. The minimum atomic E-state index is -0.311. The first-order valence-corrected chi connectivity index (χ1v) is 7.24. The van der Waals surface area contributed by atoms with Crippen molar-refractivity contribution in [2.24, 2.45) is 0 Å². The lowest BCUT2D eigenvalue weighted by molar-refractivity contribution is -0.190. The van der Waals surface area contributed by atoms with Crippen LogP contribution in [-0.2, 0) is 16.0 Å². The second-order valence-corrected chi connectivity index (χ2v) is 5.79. The lowest BCUT2D eigenvalue weighted by Crippen LogP contribution is -2.48. The Bertz CT molecular complexity index is 432. The van der Waals surface area contributed by atoms with Crippen LogP contribution in [0.2, 0.25) is 0 Å². The van der Waals surface area contributed by atoms with Gasteiger partial charge in [0.2, 0.25) is 0 Å². The molecule has 2 aliphatic rings. The van der Waals surface area contributed by atoms with E-state index >= 15 is 0 Å². The molecule has 0 radical (unpaired) electrons. The number of piperidine rings is 1. The van der Waals surface area contributed by atoms with E-state index in [2.05, 4.69) is 36.9 Å². The largest absolute Gasteiger partial charge is 0.346 e. The van der Waals surface area contributed by atoms with Crippen LogP contribution in [0, 0.1) is 13.8 Å². The molecule has 1 aromatic carbocycles. The standard InChI is InChI=1S/C16H23NO2/c1-13-5-3-6-14(2)15(13)11-17-8-4-7-16(12-17)18-9-10-19-16/h3,5-6H,4,7-12H2,1-2H3. The Morgan fingerprint density at radius 1 is 1.16 bits per heavy atom. The molecule has 0 aliphatic carbocycles. The maximum atomic E-state index is 5.85. The van der Waals surface area contributed by atoms with Gasteiger partial charge in [0.25, 0.3) is 0 Å². The maximum absolute atomic E-state index is 5.85. The van der Waals surface area contributed by atoms with Gasteiger partial charge < -0.3 is 9.47 Å². The molecule has 2 aliphatic heterocycles. The average molecular weight is 261 g/mol. The number of aryl methyl sites for hydroxylation is 2. The average Bonchev–Trinajstić information content (AvgIpc) is 2.82. The van der Waals surface area contributed by atoms with E-state index in [0.29, 0.717) is 0 Å². The molecule has 1 spiro atoms. The number of hydrogen-bond donors (Lipinski definition) is 0. The zero-order valence-electron chi connectivity index (χ0n) is 11.9. The second kappa shape index (κ2) is 5.23. The molecule has 3 rings (SSSR count). The molecule has 0 saturated carbocycles. The zero-order valence-corrected chi connectivity index (χ0v) is 11.9. The predicted molar refractivity (Wildman–Crippen MR) is 75.1 cm³/mol. The van der Waals surface area contributed by atoms with Gasteiger partial charge in [0.15, 0.2) is 5.79 Å². The molecule has 104 valence electrons. The van der Waals surface area contributed by atoms with Crippen LogP contribution in [0.1, 0.15) is 29.5 Å². The number of ether oxygens (including phenoxy) is 2. The van der Waals surface area contributed by atoms with Gasteiger partial charge in [0, 0.05) is 13.0 Å². The SMILES string of the molecule is Cc1cccc(C)c1CN1CCCC2(C1)OCCO2. The summed E-state index contributed by atoms with van der Waals surface area (Å²) in [5.74, 6) is -0.311. The fourth-order valence-electron chi connectivity index (χ4n) is 3.26. The summed E-state index contributed by atoms with van der Waals surface area (Å²) in [4.78, 5) is 2.48. The first-order chi connectivity index (χ1) is 9.19. The molecule has 1 aromatic rings. The van der Waals surface area contributed by atoms with Gasteiger partial charge in [-0.25, -0.2) is 0 Å². The minimum Gasteiger partial charge on any atom is -0.346 e. The van der Waals surface area contributed by atoms with Crippen LogP contribution in [0.5, 0.6) is 0 Å². The van der Waals surface area contributed by atoms with Crippen molar-refractivity contribution in [2.75, 3.05) is 26.3 Å². The van der Waals surface area contributed by atoms with Crippen molar-refractivity contribution in [3.05, 3.63) is 34.9 Å². The first-order valence-electron chi connectivity index (χ1n) is 7.24. The highest BCUT2D eigenvalue weighted by molar-refractivity contribution is 5.33. The monoisotopic (exact) mass is 261 g/mol. The van der Waals surface area contributed by atoms with Gasteiger partial charge in [0.05, 0.1) is 19.8 Å². The summed E-state index contributed by atoms with van der Waals surface area (Å²) in [6.07, 6.45) is 2.20. The van der Waals surface area contributed by atoms with E-state index in [-0.39, 0.29) is 5.79 Å². The van der Waals surface area contributed by atoms with Gasteiger partial charge in [0.1, 0.15) is 0 Å². The molecule has 0 aromatic heterocycles. The van der Waals surface area contributed by atoms with Gasteiger partial charge in [-0.1, -0.05) is 18.2 Å². The van der Waals surface area contributed by atoms with E-state index in [1.165, 1.54) is 16.7 Å². The molecular weight excluding hydrogens is 238 g/mol. The van der Waals surface area contributed by atoms with Crippen LogP contribution in [-0.4, -0.2) is 37.0 Å². The van der Waals surface area contributed by atoms with E-state index < -0.39 is 0 Å². The third kappa shape index (κ3) is 2.69. The summed E-state index contributed by atoms with van der Waals surface area (Å²) in [5, 5.41) is 0. The number of benzene rings is 1. The second-order valence-electron chi connectivity index (χ2n) is 5.79. The number of nitrogens with zero attached hydrogens (tertiary/aromatic N) is 1. The Morgan fingerprint density at radius 3 is 2.53 bits per heavy atom. The molecule has 19 heavy (non-hydrogen) atoms. The Morgan fingerprint density at radius 2 is 1.84 bits per heavy atom. The predicted octanol–water partition coefficient (Wildman–Crippen LogP) is 2.64. The quantitative estimate of drug-likeness (QED) is 0.817. The van der Waals surface area contributed by atoms with Gasteiger partial charge in [-0.15, -0.1) is 0 Å². The van der Waals surface area contributed by atoms with Crippen LogP contribution in [0.4, 0.5) is 0 Å². The van der Waals surface area contributed by atoms with Crippen LogP contribution in [0.25, 0.3) is 0 Å². The summed E-state index contributed by atoms with van der Waals surface area (Å²) in [6, 6.07) is 6.53. The molecule has 3 nitrogen and oxygen atoms in total. The van der Waals surface area contributed by atoms with E-state index in [9.17, 15) is 0 Å². The van der Waals surface area contributed by atoms with Crippen molar-refractivity contribution < 1.29 is 9.47 Å². The number of hydrogen-bond acceptors (Lipinski definition) is 3. The van der Waals surface area contributed by atoms with Crippen LogP contribution < -0.4 is 0 Å². The molecule has 0 unspecified atom stereocenters. The summed E-state index contributed by atoms with van der Waals surface area (Å²) in [5.41, 5.74) is 4.22. The first kappa shape index (κ1) is 13.1. The molecule has 2 fully saturated rings. The van der Waals surface area contributed by atoms with Crippen LogP contribution in [0.15, 0.2) is 18.2 Å². The van der Waals surface area contributed by atoms with Crippen LogP contribution in [0.3, 0.4) is 0 Å². The summed E-state index contributed by atoms with van der Waals surface area (Å²) >= 11 is 0. The van der Waals surface area contributed by atoms with E-state index in [1.54, 1.807) is 0 Å². The van der Waals surface area contributed by atoms with Crippen molar-refractivity contribution in [2.45, 2.75) is 39.0 Å². The van der Waals surface area contributed by atoms with Crippen molar-refractivity contribution in [1.29, 1.82) is 0 Å². The third-order valence-electron chi connectivity index (χ3n) is 4.34. The van der Waals surface area contributed by atoms with Crippen LogP contribution >= 0.6 is 0 Å². The Kier molecular flexibility index (Phi) is 3.61. The smallest absolute Gasteiger partial charge is 0.181 e. The number of rotatable bonds is 2. The van der Waals surface area contributed by atoms with Gasteiger partial charge in [-0.05, 0) is 43.5 Å². The highest BCUT2D eigenvalue weighted by Gasteiger charge is 2.40. The van der Waals surface area contributed by atoms with Gasteiger partial charge in [-0.2, -0.15) is 0 Å².